The maximum Gasteiger partial charge on any atom is 0.0230 e. The lowest BCUT2D eigenvalue weighted by Crippen LogP contribution is -2.42. The number of nitrogens with two attached hydrogens (primary N) is 1. The smallest absolute Gasteiger partial charge is 0.0230 e. The van der Waals surface area contributed by atoms with Gasteiger partial charge in [0.05, 0.1) is 0 Å². The molecule has 2 heteroatoms. The quantitative estimate of drug-likeness (QED) is 0.826. The van der Waals surface area contributed by atoms with E-state index in [4.69, 9.17) is 5.73 Å². The predicted molar refractivity (Wildman–Crippen MR) is 70.2 cm³/mol. The molecular weight excluding hydrogens is 196 g/mol. The van der Waals surface area contributed by atoms with Crippen LogP contribution in [0.2, 0.25) is 0 Å². The van der Waals surface area contributed by atoms with E-state index in [9.17, 15) is 0 Å². The van der Waals surface area contributed by atoms with E-state index in [1.165, 1.54) is 5.56 Å². The van der Waals surface area contributed by atoms with E-state index in [0.29, 0.717) is 0 Å². The average Bonchev–Trinajstić information content (AvgIpc) is 2.17. The van der Waals surface area contributed by atoms with E-state index in [0.717, 1.165) is 13.1 Å². The second kappa shape index (κ2) is 5.46. The molecule has 1 unspecified atom stereocenters. The first-order valence-corrected chi connectivity index (χ1v) is 5.90. The minimum atomic E-state index is 0.156. The first-order valence-electron chi connectivity index (χ1n) is 5.90. The summed E-state index contributed by atoms with van der Waals surface area (Å²) in [6, 6.07) is 10.8. The van der Waals surface area contributed by atoms with Gasteiger partial charge in [-0.1, -0.05) is 44.2 Å². The summed E-state index contributed by atoms with van der Waals surface area (Å²) in [7, 11) is 2.15. The molecule has 16 heavy (non-hydrogen) atoms. The third-order valence-electron chi connectivity index (χ3n) is 3.21. The molecule has 0 bridgehead atoms. The highest BCUT2D eigenvalue weighted by Gasteiger charge is 2.24. The lowest BCUT2D eigenvalue weighted by atomic mass is 9.85. The molecule has 1 aromatic carbocycles. The molecule has 2 nitrogen and oxygen atoms in total. The minimum Gasteiger partial charge on any atom is -0.327 e. The fourth-order valence-electron chi connectivity index (χ4n) is 1.79. The molecule has 0 aliphatic heterocycles. The highest BCUT2D eigenvalue weighted by atomic mass is 15.1. The van der Waals surface area contributed by atoms with Gasteiger partial charge in [0.1, 0.15) is 0 Å². The molecule has 1 aromatic rings. The van der Waals surface area contributed by atoms with Gasteiger partial charge in [0.15, 0.2) is 0 Å². The summed E-state index contributed by atoms with van der Waals surface area (Å²) in [6.07, 6.45) is 0. The molecular formula is C14H24N2. The summed E-state index contributed by atoms with van der Waals surface area (Å²) in [5, 5.41) is 0. The second-order valence-electron chi connectivity index (χ2n) is 5.44. The van der Waals surface area contributed by atoms with Crippen LogP contribution in [0.5, 0.6) is 0 Å². The van der Waals surface area contributed by atoms with Crippen LogP contribution in [0.1, 0.15) is 26.3 Å². The van der Waals surface area contributed by atoms with E-state index in [2.05, 4.69) is 63.1 Å². The standard InChI is InChI=1S/C14H24N2/c1-12(15)14(2,3)11-16(4)10-13-8-6-5-7-9-13/h5-9,12H,10-11,15H2,1-4H3. The maximum absolute atomic E-state index is 5.99. The van der Waals surface area contributed by atoms with Crippen molar-refractivity contribution in [2.75, 3.05) is 13.6 Å². The summed E-state index contributed by atoms with van der Waals surface area (Å²) in [5.41, 5.74) is 7.49. The molecule has 0 amide bonds. The molecule has 0 fully saturated rings. The molecule has 0 saturated heterocycles. The van der Waals surface area contributed by atoms with Crippen LogP contribution in [0.25, 0.3) is 0 Å². The van der Waals surface area contributed by atoms with Crippen molar-refractivity contribution in [1.29, 1.82) is 0 Å². The van der Waals surface area contributed by atoms with Crippen molar-refractivity contribution >= 4 is 0 Å². The van der Waals surface area contributed by atoms with Crippen LogP contribution < -0.4 is 5.73 Å². The fourth-order valence-corrected chi connectivity index (χ4v) is 1.79. The highest BCUT2D eigenvalue weighted by molar-refractivity contribution is 5.14. The van der Waals surface area contributed by atoms with Crippen molar-refractivity contribution in [3.05, 3.63) is 35.9 Å². The van der Waals surface area contributed by atoms with Crippen molar-refractivity contribution in [3.63, 3.8) is 0 Å². The monoisotopic (exact) mass is 220 g/mol. The second-order valence-corrected chi connectivity index (χ2v) is 5.44. The summed E-state index contributed by atoms with van der Waals surface area (Å²) in [4.78, 5) is 2.33. The number of nitrogens with zero attached hydrogens (tertiary/aromatic N) is 1. The van der Waals surface area contributed by atoms with E-state index >= 15 is 0 Å². The Morgan fingerprint density at radius 2 is 1.81 bits per heavy atom. The molecule has 0 radical (unpaired) electrons. The van der Waals surface area contributed by atoms with Gasteiger partial charge in [-0.2, -0.15) is 0 Å². The molecule has 0 aromatic heterocycles. The van der Waals surface area contributed by atoms with Crippen molar-refractivity contribution in [1.82, 2.24) is 4.90 Å². The molecule has 1 atom stereocenters. The van der Waals surface area contributed by atoms with Gasteiger partial charge in [-0.15, -0.1) is 0 Å². The largest absolute Gasteiger partial charge is 0.327 e. The fraction of sp³-hybridized carbons (Fsp3) is 0.571. The van der Waals surface area contributed by atoms with Crippen LogP contribution in [0.15, 0.2) is 30.3 Å². The third-order valence-corrected chi connectivity index (χ3v) is 3.21. The van der Waals surface area contributed by atoms with Gasteiger partial charge in [0, 0.05) is 19.1 Å². The molecule has 90 valence electrons. The lowest BCUT2D eigenvalue weighted by Gasteiger charge is -2.33. The van der Waals surface area contributed by atoms with Gasteiger partial charge < -0.3 is 10.6 Å². The van der Waals surface area contributed by atoms with Gasteiger partial charge in [0.25, 0.3) is 0 Å². The van der Waals surface area contributed by atoms with Crippen LogP contribution in [0.3, 0.4) is 0 Å². The van der Waals surface area contributed by atoms with E-state index in [1.807, 2.05) is 0 Å². The van der Waals surface area contributed by atoms with Gasteiger partial charge >= 0.3 is 0 Å². The van der Waals surface area contributed by atoms with Crippen LogP contribution in [0.4, 0.5) is 0 Å². The topological polar surface area (TPSA) is 29.3 Å². The van der Waals surface area contributed by atoms with Gasteiger partial charge in [0.2, 0.25) is 0 Å². The Labute approximate surface area is 99.5 Å². The Morgan fingerprint density at radius 3 is 2.31 bits per heavy atom. The van der Waals surface area contributed by atoms with Gasteiger partial charge in [-0.3, -0.25) is 0 Å². The Bertz CT molecular complexity index is 304. The average molecular weight is 220 g/mol. The molecule has 0 saturated carbocycles. The lowest BCUT2D eigenvalue weighted by molar-refractivity contribution is 0.178. The van der Waals surface area contributed by atoms with E-state index in [1.54, 1.807) is 0 Å². The zero-order valence-electron chi connectivity index (χ0n) is 10.9. The molecule has 1 rings (SSSR count). The third kappa shape index (κ3) is 3.95. The first kappa shape index (κ1) is 13.2. The van der Waals surface area contributed by atoms with Gasteiger partial charge in [-0.05, 0) is 24.9 Å². The SMILES string of the molecule is CC(N)C(C)(C)CN(C)Cc1ccccc1. The Balaban J connectivity index is 2.51. The summed E-state index contributed by atoms with van der Waals surface area (Å²) < 4.78 is 0. The minimum absolute atomic E-state index is 0.156. The maximum atomic E-state index is 5.99. The summed E-state index contributed by atoms with van der Waals surface area (Å²) in [5.74, 6) is 0. The predicted octanol–water partition coefficient (Wildman–Crippen LogP) is 2.49. The number of benzene rings is 1. The number of rotatable bonds is 5. The zero-order chi connectivity index (χ0) is 12.2. The van der Waals surface area contributed by atoms with Gasteiger partial charge in [-0.25, -0.2) is 0 Å². The van der Waals surface area contributed by atoms with Crippen molar-refractivity contribution in [2.45, 2.75) is 33.4 Å². The van der Waals surface area contributed by atoms with Crippen molar-refractivity contribution < 1.29 is 0 Å². The molecule has 2 N–H and O–H groups in total. The van der Waals surface area contributed by atoms with Crippen molar-refractivity contribution in [2.24, 2.45) is 11.1 Å². The van der Waals surface area contributed by atoms with Crippen LogP contribution >= 0.6 is 0 Å². The number of hydrogen-bond donors (Lipinski definition) is 1. The molecule has 0 aliphatic rings. The molecule has 0 heterocycles. The molecule has 0 spiro atoms. The van der Waals surface area contributed by atoms with Crippen LogP contribution in [-0.4, -0.2) is 24.5 Å². The highest BCUT2D eigenvalue weighted by Crippen LogP contribution is 2.20. The Morgan fingerprint density at radius 1 is 1.25 bits per heavy atom. The molecule has 0 aliphatic carbocycles. The normalized spacial score (nSPS) is 14.1. The summed E-state index contributed by atoms with van der Waals surface area (Å²) >= 11 is 0. The summed E-state index contributed by atoms with van der Waals surface area (Å²) in [6.45, 7) is 8.52. The first-order chi connectivity index (χ1) is 7.42. The Hall–Kier alpha value is -0.860. The van der Waals surface area contributed by atoms with E-state index < -0.39 is 0 Å². The van der Waals surface area contributed by atoms with Crippen molar-refractivity contribution in [3.8, 4) is 0 Å². The Kier molecular flexibility index (Phi) is 4.51. The van der Waals surface area contributed by atoms with E-state index in [-0.39, 0.29) is 11.5 Å². The van der Waals surface area contributed by atoms with Crippen LogP contribution in [-0.2, 0) is 6.54 Å². The zero-order valence-corrected chi connectivity index (χ0v) is 10.9. The number of hydrogen-bond acceptors (Lipinski definition) is 2. The van der Waals surface area contributed by atoms with Crippen LogP contribution in [0, 0.1) is 5.41 Å².